The summed E-state index contributed by atoms with van der Waals surface area (Å²) in [5.41, 5.74) is 5.51. The van der Waals surface area contributed by atoms with Gasteiger partial charge in [0, 0.05) is 25.6 Å². The van der Waals surface area contributed by atoms with Crippen molar-refractivity contribution in [3.63, 3.8) is 0 Å². The first-order chi connectivity index (χ1) is 6.68. The first kappa shape index (κ1) is 14.7. The lowest BCUT2D eigenvalue weighted by Crippen LogP contribution is -2.37. The molecule has 1 saturated heterocycles. The van der Waals surface area contributed by atoms with E-state index >= 15 is 0 Å². The maximum absolute atomic E-state index is 11.2. The highest BCUT2D eigenvalue weighted by Gasteiger charge is 2.14. The molecule has 4 nitrogen and oxygen atoms in total. The summed E-state index contributed by atoms with van der Waals surface area (Å²) in [7, 11) is 0. The molecular formula is C10H21ClN2O2. The van der Waals surface area contributed by atoms with Crippen molar-refractivity contribution in [2.75, 3.05) is 13.2 Å². The molecule has 0 spiro atoms. The van der Waals surface area contributed by atoms with Crippen molar-refractivity contribution in [3.05, 3.63) is 0 Å². The molecule has 0 aromatic heterocycles. The number of nitrogens with two attached hydrogens (primary N) is 1. The summed E-state index contributed by atoms with van der Waals surface area (Å²) >= 11 is 0. The van der Waals surface area contributed by atoms with E-state index in [1.807, 2.05) is 6.92 Å². The third kappa shape index (κ3) is 6.71. The highest BCUT2D eigenvalue weighted by Crippen LogP contribution is 2.11. The van der Waals surface area contributed by atoms with Crippen LogP contribution >= 0.6 is 12.4 Å². The average molecular weight is 237 g/mol. The number of rotatable bonds is 4. The lowest BCUT2D eigenvalue weighted by Gasteiger charge is -2.22. The van der Waals surface area contributed by atoms with Crippen molar-refractivity contribution in [2.24, 2.45) is 5.73 Å². The summed E-state index contributed by atoms with van der Waals surface area (Å²) in [5.74, 6) is 0.0224. The summed E-state index contributed by atoms with van der Waals surface area (Å²) in [6.45, 7) is 3.29. The Balaban J connectivity index is 0.00000196. The largest absolute Gasteiger partial charge is 0.376 e. The quantitative estimate of drug-likeness (QED) is 0.760. The lowest BCUT2D eigenvalue weighted by atomic mass is 10.1. The number of nitrogens with one attached hydrogen (secondary N) is 1. The van der Waals surface area contributed by atoms with E-state index in [2.05, 4.69) is 5.32 Å². The van der Waals surface area contributed by atoms with Crippen LogP contribution in [0.2, 0.25) is 0 Å². The van der Waals surface area contributed by atoms with Gasteiger partial charge in [-0.3, -0.25) is 4.79 Å². The van der Waals surface area contributed by atoms with Gasteiger partial charge in [-0.1, -0.05) is 0 Å². The molecule has 0 aromatic rings. The molecule has 3 N–H and O–H groups in total. The Bertz CT molecular complexity index is 182. The van der Waals surface area contributed by atoms with Crippen molar-refractivity contribution in [1.82, 2.24) is 5.32 Å². The van der Waals surface area contributed by atoms with Crippen LogP contribution in [0.4, 0.5) is 0 Å². The van der Waals surface area contributed by atoms with Crippen LogP contribution in [0, 0.1) is 0 Å². The van der Waals surface area contributed by atoms with Crippen molar-refractivity contribution in [2.45, 2.75) is 44.8 Å². The molecule has 1 rings (SSSR count). The van der Waals surface area contributed by atoms with Crippen LogP contribution in [-0.2, 0) is 9.53 Å². The van der Waals surface area contributed by atoms with Crippen molar-refractivity contribution >= 4 is 18.3 Å². The molecule has 0 aromatic carbocycles. The third-order valence-corrected chi connectivity index (χ3v) is 2.31. The Morgan fingerprint density at radius 2 is 2.33 bits per heavy atom. The molecule has 2 unspecified atom stereocenters. The summed E-state index contributed by atoms with van der Waals surface area (Å²) in [5, 5.41) is 2.84. The van der Waals surface area contributed by atoms with Crippen LogP contribution in [-0.4, -0.2) is 31.2 Å². The molecule has 0 bridgehead atoms. The predicted octanol–water partition coefficient (Wildman–Crippen LogP) is 0.831. The Morgan fingerprint density at radius 3 is 2.87 bits per heavy atom. The van der Waals surface area contributed by atoms with Gasteiger partial charge in [-0.25, -0.2) is 0 Å². The van der Waals surface area contributed by atoms with E-state index in [-0.39, 0.29) is 30.5 Å². The maximum atomic E-state index is 11.2. The van der Waals surface area contributed by atoms with Gasteiger partial charge in [-0.15, -0.1) is 12.4 Å². The first-order valence-corrected chi connectivity index (χ1v) is 5.32. The molecule has 1 fully saturated rings. The van der Waals surface area contributed by atoms with E-state index in [1.165, 1.54) is 6.42 Å². The van der Waals surface area contributed by atoms with Crippen molar-refractivity contribution < 1.29 is 9.53 Å². The smallest absolute Gasteiger partial charge is 0.221 e. The summed E-state index contributed by atoms with van der Waals surface area (Å²) in [4.78, 5) is 11.2. The highest BCUT2D eigenvalue weighted by molar-refractivity contribution is 5.85. The SMILES string of the molecule is CC(N)CC(=O)NCC1CCCCO1.Cl. The van der Waals surface area contributed by atoms with E-state index in [4.69, 9.17) is 10.5 Å². The fourth-order valence-corrected chi connectivity index (χ4v) is 1.56. The van der Waals surface area contributed by atoms with Gasteiger partial charge >= 0.3 is 0 Å². The van der Waals surface area contributed by atoms with Gasteiger partial charge in [0.2, 0.25) is 5.91 Å². The fraction of sp³-hybridized carbons (Fsp3) is 0.900. The standard InChI is InChI=1S/C10H20N2O2.ClH/c1-8(11)6-10(13)12-7-9-4-2-3-5-14-9;/h8-9H,2-7,11H2,1H3,(H,12,13);1H. The van der Waals surface area contributed by atoms with Crippen LogP contribution in [0.3, 0.4) is 0 Å². The molecule has 1 aliphatic heterocycles. The predicted molar refractivity (Wildman–Crippen MR) is 62.1 cm³/mol. The summed E-state index contributed by atoms with van der Waals surface area (Å²) in [6.07, 6.45) is 4.00. The van der Waals surface area contributed by atoms with Crippen LogP contribution in [0.5, 0.6) is 0 Å². The van der Waals surface area contributed by atoms with Gasteiger partial charge < -0.3 is 15.8 Å². The molecule has 15 heavy (non-hydrogen) atoms. The van der Waals surface area contributed by atoms with Gasteiger partial charge in [0.1, 0.15) is 0 Å². The van der Waals surface area contributed by atoms with Crippen LogP contribution in [0.1, 0.15) is 32.6 Å². The van der Waals surface area contributed by atoms with E-state index in [0.717, 1.165) is 19.4 Å². The van der Waals surface area contributed by atoms with Gasteiger partial charge in [0.25, 0.3) is 0 Å². The van der Waals surface area contributed by atoms with E-state index in [0.29, 0.717) is 13.0 Å². The minimum absolute atomic E-state index is 0. The molecule has 0 aliphatic carbocycles. The third-order valence-electron chi connectivity index (χ3n) is 2.31. The normalized spacial score (nSPS) is 22.7. The minimum Gasteiger partial charge on any atom is -0.376 e. The molecule has 5 heteroatoms. The number of ether oxygens (including phenoxy) is 1. The summed E-state index contributed by atoms with van der Waals surface area (Å²) in [6, 6.07) is -0.0673. The monoisotopic (exact) mass is 236 g/mol. The first-order valence-electron chi connectivity index (χ1n) is 5.32. The second-order valence-electron chi connectivity index (χ2n) is 3.97. The number of halogens is 1. The zero-order valence-corrected chi connectivity index (χ0v) is 10.0. The number of hydrogen-bond donors (Lipinski definition) is 2. The zero-order valence-electron chi connectivity index (χ0n) is 9.20. The molecule has 1 heterocycles. The molecule has 1 amide bonds. The molecular weight excluding hydrogens is 216 g/mol. The molecule has 2 atom stereocenters. The topological polar surface area (TPSA) is 64.4 Å². The fourth-order valence-electron chi connectivity index (χ4n) is 1.56. The van der Waals surface area contributed by atoms with E-state index in [1.54, 1.807) is 0 Å². The molecule has 1 aliphatic rings. The molecule has 90 valence electrons. The molecule has 0 radical (unpaired) electrons. The number of carbonyl (C=O) groups is 1. The van der Waals surface area contributed by atoms with Gasteiger partial charge in [0.15, 0.2) is 0 Å². The number of amides is 1. The van der Waals surface area contributed by atoms with Crippen LogP contribution in [0.15, 0.2) is 0 Å². The van der Waals surface area contributed by atoms with Crippen molar-refractivity contribution in [3.8, 4) is 0 Å². The van der Waals surface area contributed by atoms with Crippen molar-refractivity contribution in [1.29, 1.82) is 0 Å². The second kappa shape index (κ2) is 7.91. The maximum Gasteiger partial charge on any atom is 0.221 e. The Kier molecular flexibility index (Phi) is 7.74. The zero-order chi connectivity index (χ0) is 10.4. The van der Waals surface area contributed by atoms with E-state index < -0.39 is 0 Å². The number of carbonyl (C=O) groups excluding carboxylic acids is 1. The Hall–Kier alpha value is -0.320. The Labute approximate surface area is 97.3 Å². The van der Waals surface area contributed by atoms with Gasteiger partial charge in [0.05, 0.1) is 6.10 Å². The van der Waals surface area contributed by atoms with Crippen LogP contribution < -0.4 is 11.1 Å². The molecule has 0 saturated carbocycles. The highest BCUT2D eigenvalue weighted by atomic mass is 35.5. The Morgan fingerprint density at radius 1 is 1.60 bits per heavy atom. The average Bonchev–Trinajstić information content (AvgIpc) is 2.15. The van der Waals surface area contributed by atoms with Crippen LogP contribution in [0.25, 0.3) is 0 Å². The number of hydrogen-bond acceptors (Lipinski definition) is 3. The summed E-state index contributed by atoms with van der Waals surface area (Å²) < 4.78 is 5.49. The van der Waals surface area contributed by atoms with Gasteiger partial charge in [-0.05, 0) is 26.2 Å². The van der Waals surface area contributed by atoms with E-state index in [9.17, 15) is 4.79 Å². The lowest BCUT2D eigenvalue weighted by molar-refractivity contribution is -0.122. The minimum atomic E-state index is -0.0673. The van der Waals surface area contributed by atoms with Gasteiger partial charge in [-0.2, -0.15) is 0 Å². The second-order valence-corrected chi connectivity index (χ2v) is 3.97.